The van der Waals surface area contributed by atoms with Crippen molar-refractivity contribution >= 4 is 23.4 Å². The number of rotatable bonds is 5. The molecule has 1 aliphatic heterocycles. The van der Waals surface area contributed by atoms with E-state index in [1.54, 1.807) is 24.4 Å². The number of benzene rings is 1. The molecule has 0 spiro atoms. The summed E-state index contributed by atoms with van der Waals surface area (Å²) in [6, 6.07) is 8.11. The Kier molecular flexibility index (Phi) is 8.69. The minimum atomic E-state index is -4.55. The van der Waals surface area contributed by atoms with Crippen LogP contribution in [-0.4, -0.2) is 58.5 Å². The second-order valence-corrected chi connectivity index (χ2v) is 9.26. The van der Waals surface area contributed by atoms with E-state index in [2.05, 4.69) is 44.3 Å². The summed E-state index contributed by atoms with van der Waals surface area (Å²) in [5.74, 6) is 6.58. The summed E-state index contributed by atoms with van der Waals surface area (Å²) in [4.78, 5) is 25.0. The lowest BCUT2D eigenvalue weighted by Gasteiger charge is -2.34. The zero-order valence-electron chi connectivity index (χ0n) is 21.8. The predicted octanol–water partition coefficient (Wildman–Crippen LogP) is 4.57. The molecule has 4 rings (SSSR count). The number of nitrogens with zero attached hydrogens (tertiary/aromatic N) is 4. The quantitative estimate of drug-likeness (QED) is 0.413. The number of carbonyl (C=O) groups excluding carboxylic acids is 1. The van der Waals surface area contributed by atoms with Crippen LogP contribution >= 0.6 is 0 Å². The van der Waals surface area contributed by atoms with Gasteiger partial charge < -0.3 is 16.0 Å². The number of halogens is 3. The molecule has 11 heteroatoms. The minimum Gasteiger partial charge on any atom is -0.384 e. The van der Waals surface area contributed by atoms with Gasteiger partial charge in [-0.25, -0.2) is 14.8 Å². The minimum absolute atomic E-state index is 0.0293. The van der Waals surface area contributed by atoms with E-state index in [-0.39, 0.29) is 23.6 Å². The number of hydrogen-bond acceptors (Lipinski definition) is 6. The lowest BCUT2D eigenvalue weighted by atomic mass is 10.0. The average Bonchev–Trinajstić information content (AvgIpc) is 2.89. The number of aryl methyl sites for hydroxylation is 1. The summed E-state index contributed by atoms with van der Waals surface area (Å²) in [6.45, 7) is 8.15. The van der Waals surface area contributed by atoms with E-state index in [0.29, 0.717) is 30.0 Å². The molecule has 0 saturated carbocycles. The van der Waals surface area contributed by atoms with Gasteiger partial charge in [-0.15, -0.1) is 0 Å². The van der Waals surface area contributed by atoms with E-state index in [1.807, 2.05) is 11.8 Å². The summed E-state index contributed by atoms with van der Waals surface area (Å²) in [5.41, 5.74) is 7.28. The fourth-order valence-corrected chi connectivity index (χ4v) is 4.26. The third-order valence-corrected chi connectivity index (χ3v) is 6.45. The number of hydrogen-bond donors (Lipinski definition) is 3. The van der Waals surface area contributed by atoms with E-state index in [4.69, 9.17) is 5.73 Å². The number of amides is 2. The molecule has 1 saturated heterocycles. The van der Waals surface area contributed by atoms with Crippen molar-refractivity contribution in [3.05, 3.63) is 76.6 Å². The van der Waals surface area contributed by atoms with Crippen LogP contribution in [0, 0.1) is 18.8 Å². The number of aromatic nitrogens is 2. The van der Waals surface area contributed by atoms with Crippen LogP contribution in [0.5, 0.6) is 0 Å². The van der Waals surface area contributed by atoms with Crippen LogP contribution < -0.4 is 16.4 Å². The molecule has 0 unspecified atom stereocenters. The van der Waals surface area contributed by atoms with E-state index < -0.39 is 17.8 Å². The summed E-state index contributed by atoms with van der Waals surface area (Å²) in [7, 11) is 0. The molecule has 1 aliphatic rings. The van der Waals surface area contributed by atoms with Crippen molar-refractivity contribution in [3.8, 4) is 11.8 Å². The Morgan fingerprint density at radius 3 is 2.46 bits per heavy atom. The Morgan fingerprint density at radius 1 is 1.03 bits per heavy atom. The van der Waals surface area contributed by atoms with Gasteiger partial charge in [0.25, 0.3) is 0 Å². The number of nitrogen functional groups attached to an aromatic ring is 1. The van der Waals surface area contributed by atoms with Crippen LogP contribution in [0.25, 0.3) is 0 Å². The molecule has 1 fully saturated rings. The van der Waals surface area contributed by atoms with Crippen molar-refractivity contribution < 1.29 is 18.0 Å². The van der Waals surface area contributed by atoms with Crippen LogP contribution in [0.4, 0.5) is 35.3 Å². The van der Waals surface area contributed by atoms with Gasteiger partial charge in [0.05, 0.1) is 5.56 Å². The Morgan fingerprint density at radius 2 is 1.77 bits per heavy atom. The molecule has 0 aliphatic carbocycles. The van der Waals surface area contributed by atoms with E-state index in [0.717, 1.165) is 31.3 Å². The lowest BCUT2D eigenvalue weighted by molar-refractivity contribution is -0.138. The number of nitrogens with two attached hydrogens (primary N) is 1. The maximum Gasteiger partial charge on any atom is 0.416 e. The van der Waals surface area contributed by atoms with Crippen molar-refractivity contribution in [1.82, 2.24) is 19.8 Å². The van der Waals surface area contributed by atoms with Gasteiger partial charge in [-0.05, 0) is 54.9 Å². The zero-order chi connectivity index (χ0) is 28.0. The molecule has 1 aromatic carbocycles. The Hall–Kier alpha value is -4.14. The van der Waals surface area contributed by atoms with Crippen molar-refractivity contribution in [2.45, 2.75) is 26.6 Å². The maximum absolute atomic E-state index is 13.9. The van der Waals surface area contributed by atoms with Crippen LogP contribution in [0.15, 0.2) is 48.8 Å². The molecule has 8 nitrogen and oxygen atoms in total. The van der Waals surface area contributed by atoms with Crippen molar-refractivity contribution in [2.24, 2.45) is 0 Å². The Labute approximate surface area is 225 Å². The molecule has 0 atom stereocenters. The number of pyridine rings is 2. The van der Waals surface area contributed by atoms with Gasteiger partial charge in [-0.1, -0.05) is 24.8 Å². The lowest BCUT2D eigenvalue weighted by Crippen LogP contribution is -2.45. The van der Waals surface area contributed by atoms with E-state index in [1.165, 1.54) is 18.3 Å². The fraction of sp³-hybridized carbons (Fsp3) is 0.321. The first-order valence-corrected chi connectivity index (χ1v) is 12.5. The first kappa shape index (κ1) is 27.9. The predicted molar refractivity (Wildman–Crippen MR) is 145 cm³/mol. The highest BCUT2D eigenvalue weighted by molar-refractivity contribution is 5.99. The van der Waals surface area contributed by atoms with Gasteiger partial charge >= 0.3 is 12.2 Å². The number of anilines is 3. The van der Waals surface area contributed by atoms with Crippen molar-refractivity contribution in [3.63, 3.8) is 0 Å². The highest BCUT2D eigenvalue weighted by Crippen LogP contribution is 2.34. The third-order valence-electron chi connectivity index (χ3n) is 6.45. The summed E-state index contributed by atoms with van der Waals surface area (Å²) < 4.78 is 41.6. The molecule has 2 amide bonds. The highest BCUT2D eigenvalue weighted by Gasteiger charge is 2.34. The van der Waals surface area contributed by atoms with Gasteiger partial charge in [-0.3, -0.25) is 10.2 Å². The second kappa shape index (κ2) is 12.1. The number of carbonyl (C=O) groups is 1. The molecule has 39 heavy (non-hydrogen) atoms. The van der Waals surface area contributed by atoms with Gasteiger partial charge in [0, 0.05) is 61.9 Å². The molecule has 4 N–H and O–H groups in total. The number of alkyl halides is 3. The molecule has 204 valence electrons. The monoisotopic (exact) mass is 537 g/mol. The maximum atomic E-state index is 13.9. The zero-order valence-corrected chi connectivity index (χ0v) is 21.8. The molecular formula is C28H30F3N7O. The Balaban J connectivity index is 1.42. The highest BCUT2D eigenvalue weighted by atomic mass is 19.4. The Bertz CT molecular complexity index is 1390. The van der Waals surface area contributed by atoms with Crippen molar-refractivity contribution in [2.75, 3.05) is 49.1 Å². The topological polar surface area (TPSA) is 99.4 Å². The van der Waals surface area contributed by atoms with Gasteiger partial charge in [-0.2, -0.15) is 13.2 Å². The van der Waals surface area contributed by atoms with Crippen molar-refractivity contribution in [1.29, 1.82) is 0 Å². The summed E-state index contributed by atoms with van der Waals surface area (Å²) >= 11 is 0. The average molecular weight is 538 g/mol. The smallest absolute Gasteiger partial charge is 0.384 e. The van der Waals surface area contributed by atoms with Gasteiger partial charge in [0.1, 0.15) is 11.6 Å². The molecular weight excluding hydrogens is 507 g/mol. The third kappa shape index (κ3) is 7.69. The summed E-state index contributed by atoms with van der Waals surface area (Å²) in [6.07, 6.45) is -1.50. The molecule has 3 heterocycles. The van der Waals surface area contributed by atoms with E-state index in [9.17, 15) is 18.0 Å². The SMILES string of the molecule is CCN1CCN(Cc2ccc(NC(=O)Nc3cc(C#Cc4cnc(N)cc4C)ccn3)cc2C(F)(F)F)CC1. The van der Waals surface area contributed by atoms with E-state index >= 15 is 0 Å². The van der Waals surface area contributed by atoms with Gasteiger partial charge in [0.15, 0.2) is 0 Å². The van der Waals surface area contributed by atoms with Gasteiger partial charge in [0.2, 0.25) is 0 Å². The number of nitrogens with one attached hydrogen (secondary N) is 2. The first-order chi connectivity index (χ1) is 18.6. The number of urea groups is 1. The standard InChI is InChI=1S/C28H30F3N7O/c1-3-37-10-12-38(13-11-37)18-22-6-7-23(16-24(22)28(29,30)31)35-27(39)36-26-15-20(8-9-33-26)4-5-21-17-34-25(32)14-19(21)2/h6-9,14-17H,3,10-13,18H2,1-2H3,(H2,32,34)(H2,33,35,36,39). The molecule has 3 aromatic rings. The van der Waals surface area contributed by atoms with Crippen LogP contribution in [0.1, 0.15) is 34.7 Å². The fourth-order valence-electron chi connectivity index (χ4n) is 4.26. The number of piperazine rings is 1. The molecule has 0 radical (unpaired) electrons. The van der Waals surface area contributed by atoms with Crippen LogP contribution in [-0.2, 0) is 12.7 Å². The normalized spacial score (nSPS) is 14.4. The second-order valence-electron chi connectivity index (χ2n) is 9.26. The first-order valence-electron chi connectivity index (χ1n) is 12.5. The number of likely N-dealkylation sites (N-methyl/N-ethyl adjacent to an activating group) is 1. The summed E-state index contributed by atoms with van der Waals surface area (Å²) in [5, 5.41) is 5.01. The van der Waals surface area contributed by atoms with Crippen LogP contribution in [0.3, 0.4) is 0 Å². The van der Waals surface area contributed by atoms with Crippen LogP contribution in [0.2, 0.25) is 0 Å². The molecule has 2 aromatic heterocycles. The largest absolute Gasteiger partial charge is 0.416 e. The molecule has 0 bridgehead atoms.